The van der Waals surface area contributed by atoms with Gasteiger partial charge in [0.25, 0.3) is 0 Å². The second kappa shape index (κ2) is 12.5. The molecule has 1 unspecified atom stereocenters. The minimum absolute atomic E-state index is 0. The molecule has 1 aromatic carbocycles. The Kier molecular flexibility index (Phi) is 12.1. The summed E-state index contributed by atoms with van der Waals surface area (Å²) in [6, 6.07) is 11.3. The Morgan fingerprint density at radius 1 is 0.826 bits per heavy atom. The monoisotopic (exact) mass is 321 g/mol. The second-order valence-electron chi connectivity index (χ2n) is 6.83. The normalized spacial score (nSPS) is 12.7. The second-order valence-corrected chi connectivity index (χ2v) is 6.83. The van der Waals surface area contributed by atoms with Gasteiger partial charge >= 0.3 is 0 Å². The van der Waals surface area contributed by atoms with Crippen molar-refractivity contribution >= 4 is 0 Å². The van der Waals surface area contributed by atoms with Crippen molar-refractivity contribution in [3.63, 3.8) is 0 Å². The van der Waals surface area contributed by atoms with E-state index in [-0.39, 0.29) is 16.9 Å². The largest absolute Gasteiger partial charge is 0.412 e. The van der Waals surface area contributed by atoms with Crippen LogP contribution in [0.15, 0.2) is 30.3 Å². The summed E-state index contributed by atoms with van der Waals surface area (Å²) in [5.74, 6) is 0. The molecule has 4 N–H and O–H groups in total. The lowest BCUT2D eigenvalue weighted by Crippen LogP contribution is -2.45. The number of rotatable bonds is 12. The molecule has 1 aromatic rings. The van der Waals surface area contributed by atoms with Crippen LogP contribution in [-0.4, -0.2) is 11.5 Å². The van der Waals surface area contributed by atoms with Gasteiger partial charge in [0.05, 0.1) is 0 Å². The van der Waals surface area contributed by atoms with Gasteiger partial charge in [-0.3, -0.25) is 0 Å². The number of nitrogens with two attached hydrogens (primary N) is 1. The molecule has 0 aliphatic carbocycles. The molecule has 134 valence electrons. The summed E-state index contributed by atoms with van der Waals surface area (Å²) in [4.78, 5) is 0. The van der Waals surface area contributed by atoms with Crippen LogP contribution in [0.5, 0.6) is 0 Å². The summed E-state index contributed by atoms with van der Waals surface area (Å²) < 4.78 is 0. The summed E-state index contributed by atoms with van der Waals surface area (Å²) >= 11 is 0. The standard InChI is InChI=1S/C21H37N.H2O/c1-4-7-8-9-13-16-20(22)21(17-5-2,18-6-3)19-14-11-10-12-15-19;/h10-12,14-15,20H,4-9,13,16-18,22H2,1-3H3;1H2. The molecule has 0 amide bonds. The quantitative estimate of drug-likeness (QED) is 0.516. The predicted octanol–water partition coefficient (Wildman–Crippen LogP) is 5.39. The van der Waals surface area contributed by atoms with Crippen LogP contribution in [0.4, 0.5) is 0 Å². The maximum Gasteiger partial charge on any atom is 0.0136 e. The third kappa shape index (κ3) is 6.64. The first-order valence-corrected chi connectivity index (χ1v) is 9.52. The van der Waals surface area contributed by atoms with Crippen LogP contribution in [0.1, 0.15) is 90.5 Å². The van der Waals surface area contributed by atoms with Gasteiger partial charge in [-0.1, -0.05) is 96.0 Å². The first-order chi connectivity index (χ1) is 10.7. The average Bonchev–Trinajstić information content (AvgIpc) is 2.55. The number of hydrogen-bond acceptors (Lipinski definition) is 1. The molecular formula is C21H39NO. The van der Waals surface area contributed by atoms with Crippen molar-refractivity contribution in [2.24, 2.45) is 5.73 Å². The van der Waals surface area contributed by atoms with Crippen molar-refractivity contribution in [1.82, 2.24) is 0 Å². The van der Waals surface area contributed by atoms with Crippen molar-refractivity contribution in [2.45, 2.75) is 96.4 Å². The Hall–Kier alpha value is -0.860. The van der Waals surface area contributed by atoms with Crippen molar-refractivity contribution < 1.29 is 5.48 Å². The molecule has 0 saturated carbocycles. The van der Waals surface area contributed by atoms with E-state index >= 15 is 0 Å². The summed E-state index contributed by atoms with van der Waals surface area (Å²) in [6.07, 6.45) is 12.7. The zero-order chi connectivity index (χ0) is 16.3. The summed E-state index contributed by atoms with van der Waals surface area (Å²) in [5.41, 5.74) is 8.41. The molecule has 0 bridgehead atoms. The van der Waals surface area contributed by atoms with Crippen molar-refractivity contribution in [3.05, 3.63) is 35.9 Å². The number of hydrogen-bond donors (Lipinski definition) is 1. The van der Waals surface area contributed by atoms with Gasteiger partial charge in [0.2, 0.25) is 0 Å². The highest BCUT2D eigenvalue weighted by Gasteiger charge is 2.36. The van der Waals surface area contributed by atoms with Gasteiger partial charge < -0.3 is 11.2 Å². The molecule has 0 radical (unpaired) electrons. The van der Waals surface area contributed by atoms with Crippen molar-refractivity contribution in [2.75, 3.05) is 0 Å². The lowest BCUT2D eigenvalue weighted by Gasteiger charge is -2.40. The van der Waals surface area contributed by atoms with Crippen molar-refractivity contribution in [3.8, 4) is 0 Å². The summed E-state index contributed by atoms with van der Waals surface area (Å²) in [5, 5.41) is 0. The Labute approximate surface area is 144 Å². The fourth-order valence-corrected chi connectivity index (χ4v) is 3.90. The third-order valence-electron chi connectivity index (χ3n) is 5.07. The molecule has 2 nitrogen and oxygen atoms in total. The summed E-state index contributed by atoms with van der Waals surface area (Å²) in [6.45, 7) is 6.86. The van der Waals surface area contributed by atoms with E-state index in [0.29, 0.717) is 0 Å². The van der Waals surface area contributed by atoms with Crippen LogP contribution >= 0.6 is 0 Å². The smallest absolute Gasteiger partial charge is 0.0136 e. The lowest BCUT2D eigenvalue weighted by molar-refractivity contribution is 0.272. The van der Waals surface area contributed by atoms with E-state index in [9.17, 15) is 0 Å². The van der Waals surface area contributed by atoms with Gasteiger partial charge in [-0.25, -0.2) is 0 Å². The Morgan fingerprint density at radius 2 is 1.39 bits per heavy atom. The number of benzene rings is 1. The minimum Gasteiger partial charge on any atom is -0.412 e. The highest BCUT2D eigenvalue weighted by Crippen LogP contribution is 2.38. The average molecular weight is 322 g/mol. The number of unbranched alkanes of at least 4 members (excludes halogenated alkanes) is 4. The molecule has 1 rings (SSSR count). The zero-order valence-electron chi connectivity index (χ0n) is 15.6. The van der Waals surface area contributed by atoms with E-state index in [1.165, 1.54) is 69.8 Å². The molecule has 0 aliphatic heterocycles. The Morgan fingerprint density at radius 3 is 1.91 bits per heavy atom. The zero-order valence-corrected chi connectivity index (χ0v) is 15.6. The first kappa shape index (κ1) is 22.1. The molecule has 0 saturated heterocycles. The topological polar surface area (TPSA) is 57.5 Å². The van der Waals surface area contributed by atoms with Crippen molar-refractivity contribution in [1.29, 1.82) is 0 Å². The van der Waals surface area contributed by atoms with Gasteiger partial charge in [0, 0.05) is 11.5 Å². The van der Waals surface area contributed by atoms with E-state index in [1.54, 1.807) is 0 Å². The minimum atomic E-state index is 0. The Balaban J connectivity index is 0.00000484. The van der Waals surface area contributed by atoms with Crippen LogP contribution in [0.25, 0.3) is 0 Å². The first-order valence-electron chi connectivity index (χ1n) is 9.52. The Bertz CT molecular complexity index is 371. The lowest BCUT2D eigenvalue weighted by atomic mass is 9.67. The van der Waals surface area contributed by atoms with Crippen LogP contribution < -0.4 is 5.73 Å². The van der Waals surface area contributed by atoms with Gasteiger partial charge in [-0.2, -0.15) is 0 Å². The molecule has 0 aliphatic rings. The molecule has 0 aromatic heterocycles. The van der Waals surface area contributed by atoms with Crippen LogP contribution in [-0.2, 0) is 5.41 Å². The van der Waals surface area contributed by atoms with Gasteiger partial charge in [0.15, 0.2) is 0 Å². The summed E-state index contributed by atoms with van der Waals surface area (Å²) in [7, 11) is 0. The van der Waals surface area contributed by atoms with E-state index in [4.69, 9.17) is 5.73 Å². The molecule has 1 atom stereocenters. The van der Waals surface area contributed by atoms with Crippen LogP contribution in [0, 0.1) is 0 Å². The third-order valence-corrected chi connectivity index (χ3v) is 5.07. The fourth-order valence-electron chi connectivity index (χ4n) is 3.90. The van der Waals surface area contributed by atoms with Crippen LogP contribution in [0.3, 0.4) is 0 Å². The molecule has 23 heavy (non-hydrogen) atoms. The highest BCUT2D eigenvalue weighted by molar-refractivity contribution is 5.27. The maximum absolute atomic E-state index is 6.77. The molecular weight excluding hydrogens is 282 g/mol. The molecule has 2 heteroatoms. The molecule has 0 spiro atoms. The molecule has 0 fully saturated rings. The fraction of sp³-hybridized carbons (Fsp3) is 0.714. The molecule has 0 heterocycles. The van der Waals surface area contributed by atoms with E-state index in [1.807, 2.05) is 0 Å². The van der Waals surface area contributed by atoms with E-state index < -0.39 is 0 Å². The van der Waals surface area contributed by atoms with E-state index in [2.05, 4.69) is 51.1 Å². The van der Waals surface area contributed by atoms with Crippen LogP contribution in [0.2, 0.25) is 0 Å². The van der Waals surface area contributed by atoms with Gasteiger partial charge in [0.1, 0.15) is 0 Å². The van der Waals surface area contributed by atoms with Gasteiger partial charge in [-0.15, -0.1) is 0 Å². The highest BCUT2D eigenvalue weighted by atomic mass is 16.0. The van der Waals surface area contributed by atoms with E-state index in [0.717, 1.165) is 0 Å². The van der Waals surface area contributed by atoms with Gasteiger partial charge in [-0.05, 0) is 24.8 Å². The maximum atomic E-state index is 6.77. The SMILES string of the molecule is CCCCCCCC(N)C(CCC)(CCC)c1ccccc1.O. The predicted molar refractivity (Wildman–Crippen MR) is 103 cm³/mol.